The van der Waals surface area contributed by atoms with Crippen LogP contribution in [-0.2, 0) is 4.74 Å². The molecule has 1 heterocycles. The molecule has 2 N–H and O–H groups in total. The number of aromatic amines is 1. The summed E-state index contributed by atoms with van der Waals surface area (Å²) in [5.74, 6) is -1.96. The molecule has 8 nitrogen and oxygen atoms in total. The summed E-state index contributed by atoms with van der Waals surface area (Å²) in [5.41, 5.74) is -2.09. The first-order valence-corrected chi connectivity index (χ1v) is 6.97. The van der Waals surface area contributed by atoms with Crippen LogP contribution >= 0.6 is 0 Å². The van der Waals surface area contributed by atoms with Crippen molar-refractivity contribution >= 4 is 11.9 Å². The highest BCUT2D eigenvalue weighted by atomic mass is 19.1. The fourth-order valence-corrected chi connectivity index (χ4v) is 1.96. The number of ether oxygens (including phenoxy) is 1. The van der Waals surface area contributed by atoms with Gasteiger partial charge in [0, 0.05) is 5.56 Å². The van der Waals surface area contributed by atoms with Crippen LogP contribution in [0.4, 0.5) is 9.18 Å². The fourth-order valence-electron chi connectivity index (χ4n) is 1.96. The summed E-state index contributed by atoms with van der Waals surface area (Å²) < 4.78 is 18.8. The van der Waals surface area contributed by atoms with Crippen LogP contribution in [0.15, 0.2) is 46.1 Å². The number of carbonyl (C=O) groups excluding carboxylic acids is 2. The Morgan fingerprint density at radius 3 is 2.58 bits per heavy atom. The molecule has 0 radical (unpaired) electrons. The van der Waals surface area contributed by atoms with Crippen molar-refractivity contribution in [2.75, 3.05) is 6.61 Å². The predicted octanol–water partition coefficient (Wildman–Crippen LogP) is 0.803. The van der Waals surface area contributed by atoms with Crippen LogP contribution in [0.2, 0.25) is 0 Å². The highest BCUT2D eigenvalue weighted by Crippen LogP contribution is 2.11. The third-order valence-corrected chi connectivity index (χ3v) is 3.04. The van der Waals surface area contributed by atoms with Gasteiger partial charge in [-0.05, 0) is 6.92 Å². The second-order valence-corrected chi connectivity index (χ2v) is 4.64. The first kappa shape index (κ1) is 17.1. The maximum atomic E-state index is 13.5. The van der Waals surface area contributed by atoms with E-state index in [-0.39, 0.29) is 12.2 Å². The van der Waals surface area contributed by atoms with Gasteiger partial charge in [0.1, 0.15) is 0 Å². The molecule has 0 unspecified atom stereocenters. The van der Waals surface area contributed by atoms with Gasteiger partial charge in [-0.15, -0.1) is 0 Å². The summed E-state index contributed by atoms with van der Waals surface area (Å²) >= 11 is 0. The summed E-state index contributed by atoms with van der Waals surface area (Å²) in [6.45, 7) is 1.59. The minimum atomic E-state index is -1.58. The fraction of sp³-hybridized carbons (Fsp3) is 0.200. The molecular formula is C15H14FN3O5. The van der Waals surface area contributed by atoms with Crippen LogP contribution in [0.5, 0.6) is 0 Å². The lowest BCUT2D eigenvalue weighted by atomic mass is 10.1. The van der Waals surface area contributed by atoms with Gasteiger partial charge in [0.2, 0.25) is 11.6 Å². The summed E-state index contributed by atoms with van der Waals surface area (Å²) in [4.78, 5) is 49.0. The van der Waals surface area contributed by atoms with Crippen molar-refractivity contribution in [3.63, 3.8) is 0 Å². The van der Waals surface area contributed by atoms with E-state index in [4.69, 9.17) is 4.74 Å². The van der Waals surface area contributed by atoms with Gasteiger partial charge in [0.15, 0.2) is 6.17 Å². The Morgan fingerprint density at radius 1 is 1.29 bits per heavy atom. The molecule has 0 saturated heterocycles. The largest absolute Gasteiger partial charge is 0.450 e. The summed E-state index contributed by atoms with van der Waals surface area (Å²) in [6.07, 6.45) is -1.99. The van der Waals surface area contributed by atoms with Gasteiger partial charge in [0.25, 0.3) is 5.56 Å². The molecule has 1 aromatic carbocycles. The number of ketones is 1. The van der Waals surface area contributed by atoms with Crippen molar-refractivity contribution in [1.82, 2.24) is 14.9 Å². The van der Waals surface area contributed by atoms with E-state index < -0.39 is 35.1 Å². The number of alkyl carbamates (subject to hydrolysis) is 1. The van der Waals surface area contributed by atoms with Crippen molar-refractivity contribution in [3.8, 4) is 0 Å². The van der Waals surface area contributed by atoms with Crippen LogP contribution in [-0.4, -0.2) is 28.0 Å². The highest BCUT2D eigenvalue weighted by Gasteiger charge is 2.26. The number of Topliss-reactive ketones (excluding diaryl/α,β-unsaturated/α-hetero) is 1. The smallest absolute Gasteiger partial charge is 0.409 e. The molecule has 1 aromatic heterocycles. The van der Waals surface area contributed by atoms with Crippen molar-refractivity contribution in [2.45, 2.75) is 13.1 Å². The van der Waals surface area contributed by atoms with E-state index in [1.807, 2.05) is 0 Å². The van der Waals surface area contributed by atoms with E-state index in [0.717, 1.165) is 0 Å². The number of nitrogens with one attached hydrogen (secondary N) is 2. The molecule has 0 fully saturated rings. The minimum absolute atomic E-state index is 0.0347. The van der Waals surface area contributed by atoms with E-state index >= 15 is 0 Å². The molecule has 1 amide bonds. The van der Waals surface area contributed by atoms with Gasteiger partial charge in [-0.2, -0.15) is 4.39 Å². The number of amides is 1. The molecule has 0 aliphatic carbocycles. The van der Waals surface area contributed by atoms with Gasteiger partial charge in [0.05, 0.1) is 12.8 Å². The monoisotopic (exact) mass is 335 g/mol. The van der Waals surface area contributed by atoms with Crippen molar-refractivity contribution in [3.05, 3.63) is 68.7 Å². The zero-order valence-corrected chi connectivity index (χ0v) is 12.6. The van der Waals surface area contributed by atoms with Crippen molar-refractivity contribution in [1.29, 1.82) is 0 Å². The second-order valence-electron chi connectivity index (χ2n) is 4.64. The Bertz CT molecular complexity index is 859. The number of benzene rings is 1. The lowest BCUT2D eigenvalue weighted by molar-refractivity contribution is 0.0871. The molecule has 0 aliphatic heterocycles. The Morgan fingerprint density at radius 2 is 1.96 bits per heavy atom. The normalized spacial score (nSPS) is 11.6. The minimum Gasteiger partial charge on any atom is -0.450 e. The van der Waals surface area contributed by atoms with E-state index in [0.29, 0.717) is 10.8 Å². The number of carbonyl (C=O) groups is 2. The van der Waals surface area contributed by atoms with Crippen LogP contribution < -0.4 is 16.6 Å². The molecule has 126 valence electrons. The van der Waals surface area contributed by atoms with E-state index in [1.54, 1.807) is 30.1 Å². The lowest BCUT2D eigenvalue weighted by Crippen LogP contribution is -2.45. The van der Waals surface area contributed by atoms with Gasteiger partial charge >= 0.3 is 11.8 Å². The third kappa shape index (κ3) is 3.75. The Kier molecular flexibility index (Phi) is 5.25. The Labute approximate surface area is 134 Å². The zero-order chi connectivity index (χ0) is 17.7. The summed E-state index contributed by atoms with van der Waals surface area (Å²) in [5, 5.41) is 2.18. The molecule has 1 atom stereocenters. The molecule has 9 heteroatoms. The van der Waals surface area contributed by atoms with Crippen LogP contribution in [0, 0.1) is 5.82 Å². The maximum Gasteiger partial charge on any atom is 0.409 e. The molecular weight excluding hydrogens is 321 g/mol. The second kappa shape index (κ2) is 7.36. The summed E-state index contributed by atoms with van der Waals surface area (Å²) in [7, 11) is 0. The van der Waals surface area contributed by atoms with Gasteiger partial charge in [-0.25, -0.2) is 9.59 Å². The number of H-pyrrole nitrogens is 1. The SMILES string of the molecule is CCOC(=O)N[C@H](C(=O)c1ccccc1)n1cc(F)c(=O)[nH]c1=O. The van der Waals surface area contributed by atoms with E-state index in [1.165, 1.54) is 12.1 Å². The van der Waals surface area contributed by atoms with Crippen LogP contribution in [0.3, 0.4) is 0 Å². The standard InChI is InChI=1S/C15H14FN3O5/c1-2-24-15(23)17-12(11(20)9-6-4-3-5-7-9)19-8-10(16)13(21)18-14(19)22/h3-8,12H,2H2,1H3,(H,17,23)(H,18,21,22)/t12-/m0/s1. The topological polar surface area (TPSA) is 110 Å². The highest BCUT2D eigenvalue weighted by molar-refractivity contribution is 6.00. The van der Waals surface area contributed by atoms with Gasteiger partial charge in [-0.3, -0.25) is 24.5 Å². The zero-order valence-electron chi connectivity index (χ0n) is 12.6. The number of nitrogens with zero attached hydrogens (tertiary/aromatic N) is 1. The molecule has 24 heavy (non-hydrogen) atoms. The number of hydrogen-bond acceptors (Lipinski definition) is 5. The van der Waals surface area contributed by atoms with E-state index in [9.17, 15) is 23.6 Å². The number of halogens is 1. The molecule has 0 saturated carbocycles. The quantitative estimate of drug-likeness (QED) is 0.786. The van der Waals surface area contributed by atoms with Crippen molar-refractivity contribution in [2.24, 2.45) is 0 Å². The van der Waals surface area contributed by atoms with Crippen molar-refractivity contribution < 1.29 is 18.7 Å². The molecule has 0 aliphatic rings. The van der Waals surface area contributed by atoms with E-state index in [2.05, 4.69) is 5.32 Å². The number of rotatable bonds is 5. The third-order valence-electron chi connectivity index (χ3n) is 3.04. The molecule has 0 spiro atoms. The first-order chi connectivity index (χ1) is 11.4. The average molecular weight is 335 g/mol. The number of aromatic nitrogens is 2. The maximum absolute atomic E-state index is 13.5. The predicted molar refractivity (Wildman–Crippen MR) is 81.2 cm³/mol. The van der Waals surface area contributed by atoms with Gasteiger partial charge in [-0.1, -0.05) is 30.3 Å². The molecule has 2 aromatic rings. The lowest BCUT2D eigenvalue weighted by Gasteiger charge is -2.19. The van der Waals surface area contributed by atoms with Crippen LogP contribution in [0.25, 0.3) is 0 Å². The Balaban J connectivity index is 2.49. The Hall–Kier alpha value is -3.23. The average Bonchev–Trinajstić information content (AvgIpc) is 2.57. The summed E-state index contributed by atoms with van der Waals surface area (Å²) in [6, 6.07) is 7.79. The first-order valence-electron chi connectivity index (χ1n) is 6.97. The van der Waals surface area contributed by atoms with Crippen LogP contribution in [0.1, 0.15) is 23.4 Å². The van der Waals surface area contributed by atoms with Gasteiger partial charge < -0.3 is 4.74 Å². The molecule has 2 rings (SSSR count). The number of hydrogen-bond donors (Lipinski definition) is 2. The molecule has 0 bridgehead atoms.